The molecule has 0 N–H and O–H groups in total. The Balaban J connectivity index is 0. The van der Waals surface area contributed by atoms with Crippen molar-refractivity contribution in [1.29, 1.82) is 0 Å². The molecule has 0 aromatic carbocycles. The second-order valence-corrected chi connectivity index (χ2v) is 14.7. The summed E-state index contributed by atoms with van der Waals surface area (Å²) in [5.74, 6) is 0. The average molecular weight is 266 g/mol. The van der Waals surface area contributed by atoms with Gasteiger partial charge in [-0.2, -0.15) is 0 Å². The van der Waals surface area contributed by atoms with Crippen LogP contribution >= 0.6 is 0 Å². The van der Waals surface area contributed by atoms with E-state index in [4.69, 9.17) is 4.79 Å². The van der Waals surface area contributed by atoms with Gasteiger partial charge in [0.15, 0.2) is 0 Å². The van der Waals surface area contributed by atoms with Crippen molar-refractivity contribution in [3.05, 3.63) is 0 Å². The van der Waals surface area contributed by atoms with Crippen molar-refractivity contribution >= 4 is 6.79 Å². The van der Waals surface area contributed by atoms with Crippen LogP contribution in [0.4, 0.5) is 0 Å². The molecule has 0 aliphatic carbocycles. The Kier molecular flexibility index (Phi) is 10.7. The molecule has 0 unspecified atom stereocenters. The Morgan fingerprint density at radius 2 is 0.875 bits per heavy atom. The van der Waals surface area contributed by atoms with E-state index < -0.39 is 15.3 Å². The van der Waals surface area contributed by atoms with Gasteiger partial charge < -0.3 is 4.79 Å². The van der Waals surface area contributed by atoms with Crippen molar-refractivity contribution < 1.29 is 23.4 Å². The Hall–Kier alpha value is 0.184. The molecule has 0 aliphatic heterocycles. The molecule has 0 heterocycles. The van der Waals surface area contributed by atoms with Crippen molar-refractivity contribution in [2.75, 3.05) is 0 Å². The minimum atomic E-state index is -3.24. The topological polar surface area (TPSA) is 34.1 Å². The molecule has 0 radical (unpaired) electrons. The van der Waals surface area contributed by atoms with Crippen LogP contribution in [0.5, 0.6) is 0 Å². The first-order valence-electron chi connectivity index (χ1n) is 6.74. The standard InChI is InChI=1S/4C3H7.CH2O.O.Ti/c4*1-3-2;1-2;;/h4*1,3H2,2H3;1H2;;. The maximum atomic E-state index is 13.3. The normalized spacial score (nSPS) is 11.8. The molecule has 2 nitrogen and oxygen atoms in total. The molecule has 0 rings (SSSR count). The van der Waals surface area contributed by atoms with Gasteiger partial charge >= 0.3 is 90.9 Å². The molecule has 0 bridgehead atoms. The third kappa shape index (κ3) is 6.05. The number of rotatable bonds is 8. The van der Waals surface area contributed by atoms with Crippen molar-refractivity contribution in [2.24, 2.45) is 0 Å². The molecule has 0 aromatic rings. The molecule has 98 valence electrons. The zero-order valence-corrected chi connectivity index (χ0v) is 13.2. The Morgan fingerprint density at radius 1 is 0.688 bits per heavy atom. The molecule has 0 spiro atoms. The molecule has 0 aliphatic rings. The van der Waals surface area contributed by atoms with Crippen LogP contribution in [0.15, 0.2) is 0 Å². The van der Waals surface area contributed by atoms with Gasteiger partial charge in [-0.1, -0.05) is 0 Å². The molecular weight excluding hydrogens is 236 g/mol. The van der Waals surface area contributed by atoms with Gasteiger partial charge in [-0.05, 0) is 0 Å². The van der Waals surface area contributed by atoms with Gasteiger partial charge in [0.25, 0.3) is 0 Å². The van der Waals surface area contributed by atoms with Gasteiger partial charge in [-0.15, -0.1) is 0 Å². The van der Waals surface area contributed by atoms with Crippen LogP contribution in [0.2, 0.25) is 18.9 Å². The molecule has 16 heavy (non-hydrogen) atoms. The molecule has 0 atom stereocenters. The molecule has 0 amide bonds. The molecule has 3 heteroatoms. The van der Waals surface area contributed by atoms with Crippen LogP contribution in [0.1, 0.15) is 53.4 Å². The fourth-order valence-corrected chi connectivity index (χ4v) is 13.5. The van der Waals surface area contributed by atoms with Crippen molar-refractivity contribution in [3.63, 3.8) is 0 Å². The van der Waals surface area contributed by atoms with Gasteiger partial charge in [0.05, 0.1) is 0 Å². The second kappa shape index (κ2) is 9.24. The van der Waals surface area contributed by atoms with Gasteiger partial charge in [0.2, 0.25) is 0 Å². The Labute approximate surface area is 102 Å². The van der Waals surface area contributed by atoms with Gasteiger partial charge in [-0.3, -0.25) is 0 Å². The van der Waals surface area contributed by atoms with E-state index >= 15 is 0 Å². The zero-order valence-electron chi connectivity index (χ0n) is 11.7. The van der Waals surface area contributed by atoms with Crippen LogP contribution in [0.25, 0.3) is 0 Å². The molecule has 0 fully saturated rings. The number of hydrogen-bond acceptors (Lipinski definition) is 2. The van der Waals surface area contributed by atoms with Crippen molar-refractivity contribution in [3.8, 4) is 0 Å². The summed E-state index contributed by atoms with van der Waals surface area (Å²) in [6.45, 7) is 10.7. The van der Waals surface area contributed by atoms with E-state index in [1.165, 1.54) is 0 Å². The summed E-state index contributed by atoms with van der Waals surface area (Å²) in [5, 5.41) is 0. The third-order valence-electron chi connectivity index (χ3n) is 3.53. The third-order valence-corrected chi connectivity index (χ3v) is 14.6. The van der Waals surface area contributed by atoms with Crippen LogP contribution < -0.4 is 0 Å². The summed E-state index contributed by atoms with van der Waals surface area (Å²) < 4.78 is 17.5. The molecular formula is C13H30O2Ti. The summed E-state index contributed by atoms with van der Waals surface area (Å²) >= 11 is -3.24. The van der Waals surface area contributed by atoms with E-state index in [0.29, 0.717) is 0 Å². The monoisotopic (exact) mass is 266 g/mol. The van der Waals surface area contributed by atoms with E-state index in [2.05, 4.69) is 27.7 Å². The quantitative estimate of drug-likeness (QED) is 0.569. The maximum absolute atomic E-state index is 13.3. The van der Waals surface area contributed by atoms with Gasteiger partial charge in [0.1, 0.15) is 6.79 Å². The van der Waals surface area contributed by atoms with Crippen LogP contribution in [-0.2, 0) is 23.4 Å². The molecule has 0 saturated carbocycles. The summed E-state index contributed by atoms with van der Waals surface area (Å²) in [6.07, 6.45) is 4.45. The predicted octanol–water partition coefficient (Wildman–Crippen LogP) is 5.15. The van der Waals surface area contributed by atoms with Gasteiger partial charge in [0, 0.05) is 0 Å². The first-order chi connectivity index (χ1) is 7.54. The minimum absolute atomic E-state index is 1.05. The first kappa shape index (κ1) is 18.5. The fraction of sp³-hybridized carbons (Fsp3) is 0.923. The predicted molar refractivity (Wildman–Crippen MR) is 68.2 cm³/mol. The Morgan fingerprint density at radius 3 is 1.00 bits per heavy atom. The zero-order chi connectivity index (χ0) is 13.1. The Bertz CT molecular complexity index is 178. The van der Waals surface area contributed by atoms with Crippen LogP contribution in [0.3, 0.4) is 0 Å². The van der Waals surface area contributed by atoms with Crippen molar-refractivity contribution in [2.45, 2.75) is 72.3 Å². The fourth-order valence-electron chi connectivity index (χ4n) is 3.28. The van der Waals surface area contributed by atoms with Crippen molar-refractivity contribution in [1.82, 2.24) is 0 Å². The summed E-state index contributed by atoms with van der Waals surface area (Å²) in [6, 6.07) is 0. The van der Waals surface area contributed by atoms with E-state index in [9.17, 15) is 3.32 Å². The second-order valence-electron chi connectivity index (χ2n) is 5.08. The first-order valence-corrected chi connectivity index (χ1v) is 11.8. The van der Waals surface area contributed by atoms with Crippen LogP contribution in [-0.4, -0.2) is 6.79 Å². The van der Waals surface area contributed by atoms with E-state index in [-0.39, 0.29) is 0 Å². The van der Waals surface area contributed by atoms with Crippen LogP contribution in [0, 0.1) is 0 Å². The average Bonchev–Trinajstić information content (AvgIpc) is 2.22. The van der Waals surface area contributed by atoms with E-state index in [1.54, 1.807) is 0 Å². The SMILES string of the molecule is C=O.CC[CH2][Ti](=[O])([CH2]CC)([CH2]CC)[CH2]CC. The van der Waals surface area contributed by atoms with E-state index in [1.807, 2.05) is 6.79 Å². The number of carbonyl (C=O) groups excluding carboxylic acids is 1. The van der Waals surface area contributed by atoms with Gasteiger partial charge in [-0.25, -0.2) is 0 Å². The van der Waals surface area contributed by atoms with E-state index in [0.717, 1.165) is 44.6 Å². The summed E-state index contributed by atoms with van der Waals surface area (Å²) in [4.78, 5) is 8.00. The number of carbonyl (C=O) groups is 1. The number of hydrogen-bond donors (Lipinski definition) is 0. The molecule has 0 aromatic heterocycles. The summed E-state index contributed by atoms with van der Waals surface area (Å²) in [7, 11) is 0. The molecule has 0 saturated heterocycles. The summed E-state index contributed by atoms with van der Waals surface area (Å²) in [5.41, 5.74) is 0.